The molecule has 0 aromatic carbocycles. The molecule has 0 radical (unpaired) electrons. The summed E-state index contributed by atoms with van der Waals surface area (Å²) in [5.74, 6) is 0. The van der Waals surface area contributed by atoms with Gasteiger partial charge >= 0.3 is 0 Å². The van der Waals surface area contributed by atoms with Gasteiger partial charge in [-0.15, -0.1) is 12.4 Å². The molecule has 0 amide bonds. The Bertz CT molecular complexity index is 326. The van der Waals surface area contributed by atoms with E-state index in [0.29, 0.717) is 6.04 Å². The first-order valence-electron chi connectivity index (χ1n) is 6.29. The molecule has 1 aromatic rings. The van der Waals surface area contributed by atoms with E-state index in [9.17, 15) is 0 Å². The molecule has 1 fully saturated rings. The molecule has 1 aromatic heterocycles. The van der Waals surface area contributed by atoms with E-state index in [1.54, 1.807) is 0 Å². The fourth-order valence-electron chi connectivity index (χ4n) is 2.44. The highest BCUT2D eigenvalue weighted by atomic mass is 35.5. The van der Waals surface area contributed by atoms with E-state index >= 15 is 0 Å². The molecular weight excluding hydrogens is 236 g/mol. The summed E-state index contributed by atoms with van der Waals surface area (Å²) in [5, 5.41) is 4.36. The van der Waals surface area contributed by atoms with Gasteiger partial charge in [0, 0.05) is 37.4 Å². The standard InChI is InChI=1S/C12H22N4.ClH/c1-2-5-16-10-11(8-14-16)9-15-6-3-4-12(15)7-13;/h8,10,12H,2-7,9,13H2,1H3;1H. The van der Waals surface area contributed by atoms with Crippen molar-refractivity contribution >= 4 is 12.4 Å². The second kappa shape index (κ2) is 6.99. The van der Waals surface area contributed by atoms with Crippen molar-refractivity contribution in [3.8, 4) is 0 Å². The predicted octanol–water partition coefficient (Wildman–Crippen LogP) is 1.64. The van der Waals surface area contributed by atoms with Crippen LogP contribution in [0.15, 0.2) is 12.4 Å². The van der Waals surface area contributed by atoms with E-state index in [0.717, 1.165) is 26.1 Å². The highest BCUT2D eigenvalue weighted by Gasteiger charge is 2.23. The molecule has 2 rings (SSSR count). The molecule has 1 saturated heterocycles. The molecule has 2 heterocycles. The van der Waals surface area contributed by atoms with Gasteiger partial charge in [-0.05, 0) is 25.8 Å². The average molecular weight is 259 g/mol. The smallest absolute Gasteiger partial charge is 0.0534 e. The van der Waals surface area contributed by atoms with E-state index in [1.807, 2.05) is 10.9 Å². The molecule has 0 aliphatic carbocycles. The molecule has 0 spiro atoms. The third-order valence-corrected chi connectivity index (χ3v) is 3.30. The second-order valence-corrected chi connectivity index (χ2v) is 4.61. The van der Waals surface area contributed by atoms with E-state index < -0.39 is 0 Å². The van der Waals surface area contributed by atoms with Crippen molar-refractivity contribution in [2.45, 2.75) is 45.3 Å². The zero-order valence-corrected chi connectivity index (χ0v) is 11.3. The van der Waals surface area contributed by atoms with Crippen LogP contribution < -0.4 is 5.73 Å². The molecule has 17 heavy (non-hydrogen) atoms. The fourth-order valence-corrected chi connectivity index (χ4v) is 2.44. The van der Waals surface area contributed by atoms with Gasteiger partial charge in [-0.2, -0.15) is 5.10 Å². The molecule has 2 N–H and O–H groups in total. The third kappa shape index (κ3) is 3.69. The van der Waals surface area contributed by atoms with Gasteiger partial charge in [0.15, 0.2) is 0 Å². The van der Waals surface area contributed by atoms with Crippen molar-refractivity contribution in [3.63, 3.8) is 0 Å². The Morgan fingerprint density at radius 3 is 3.06 bits per heavy atom. The van der Waals surface area contributed by atoms with Gasteiger partial charge in [-0.1, -0.05) is 6.92 Å². The number of hydrogen-bond donors (Lipinski definition) is 1. The zero-order chi connectivity index (χ0) is 11.4. The Labute approximate surface area is 110 Å². The quantitative estimate of drug-likeness (QED) is 0.874. The Morgan fingerprint density at radius 2 is 2.35 bits per heavy atom. The van der Waals surface area contributed by atoms with Gasteiger partial charge in [0.05, 0.1) is 6.20 Å². The van der Waals surface area contributed by atoms with Crippen LogP contribution in [0.1, 0.15) is 31.7 Å². The molecule has 98 valence electrons. The topological polar surface area (TPSA) is 47.1 Å². The highest BCUT2D eigenvalue weighted by Crippen LogP contribution is 2.18. The lowest BCUT2D eigenvalue weighted by atomic mass is 10.2. The average Bonchev–Trinajstić information content (AvgIpc) is 2.89. The van der Waals surface area contributed by atoms with Gasteiger partial charge in [0.2, 0.25) is 0 Å². The number of nitrogens with zero attached hydrogens (tertiary/aromatic N) is 3. The molecule has 4 nitrogen and oxygen atoms in total. The van der Waals surface area contributed by atoms with E-state index in [-0.39, 0.29) is 12.4 Å². The normalized spacial score (nSPS) is 20.5. The van der Waals surface area contributed by atoms with Gasteiger partial charge in [-0.25, -0.2) is 0 Å². The SMILES string of the molecule is CCCn1cc(CN2CCCC2CN)cn1.Cl. The Morgan fingerprint density at radius 1 is 1.53 bits per heavy atom. The van der Waals surface area contributed by atoms with Crippen LogP contribution in [0.5, 0.6) is 0 Å². The Balaban J connectivity index is 0.00000144. The van der Waals surface area contributed by atoms with Crippen LogP contribution in [-0.4, -0.2) is 33.8 Å². The molecule has 1 atom stereocenters. The molecule has 0 bridgehead atoms. The summed E-state index contributed by atoms with van der Waals surface area (Å²) in [6.07, 6.45) is 7.82. The highest BCUT2D eigenvalue weighted by molar-refractivity contribution is 5.85. The zero-order valence-electron chi connectivity index (χ0n) is 10.5. The molecule has 0 saturated carbocycles. The van der Waals surface area contributed by atoms with Crippen LogP contribution in [0.2, 0.25) is 0 Å². The third-order valence-electron chi connectivity index (χ3n) is 3.30. The van der Waals surface area contributed by atoms with E-state index in [1.165, 1.54) is 24.9 Å². The minimum absolute atomic E-state index is 0. The largest absolute Gasteiger partial charge is 0.329 e. The van der Waals surface area contributed by atoms with Crippen LogP contribution in [0.4, 0.5) is 0 Å². The number of rotatable bonds is 5. The van der Waals surface area contributed by atoms with Crippen molar-refractivity contribution < 1.29 is 0 Å². The number of likely N-dealkylation sites (tertiary alicyclic amines) is 1. The maximum atomic E-state index is 5.77. The van der Waals surface area contributed by atoms with Crippen molar-refractivity contribution in [1.82, 2.24) is 14.7 Å². The van der Waals surface area contributed by atoms with E-state index in [4.69, 9.17) is 5.73 Å². The minimum atomic E-state index is 0. The van der Waals surface area contributed by atoms with Crippen molar-refractivity contribution in [2.75, 3.05) is 13.1 Å². The van der Waals surface area contributed by atoms with Gasteiger partial charge in [-0.3, -0.25) is 9.58 Å². The molecule has 1 aliphatic heterocycles. The van der Waals surface area contributed by atoms with E-state index in [2.05, 4.69) is 23.1 Å². The van der Waals surface area contributed by atoms with Gasteiger partial charge < -0.3 is 5.73 Å². The fraction of sp³-hybridized carbons (Fsp3) is 0.750. The number of nitrogens with two attached hydrogens (primary N) is 1. The molecular formula is C12H23ClN4. The number of hydrogen-bond acceptors (Lipinski definition) is 3. The second-order valence-electron chi connectivity index (χ2n) is 4.61. The molecule has 5 heteroatoms. The van der Waals surface area contributed by atoms with Crippen molar-refractivity contribution in [2.24, 2.45) is 5.73 Å². The monoisotopic (exact) mass is 258 g/mol. The Kier molecular flexibility index (Phi) is 5.95. The summed E-state index contributed by atoms with van der Waals surface area (Å²) in [4.78, 5) is 2.48. The van der Waals surface area contributed by atoms with Crippen molar-refractivity contribution in [3.05, 3.63) is 18.0 Å². The first-order chi connectivity index (χ1) is 7.83. The predicted molar refractivity (Wildman–Crippen MR) is 72.3 cm³/mol. The maximum Gasteiger partial charge on any atom is 0.0534 e. The summed E-state index contributed by atoms with van der Waals surface area (Å²) in [5.41, 5.74) is 7.08. The summed E-state index contributed by atoms with van der Waals surface area (Å²) in [6.45, 7) is 6.15. The van der Waals surface area contributed by atoms with Crippen LogP contribution >= 0.6 is 12.4 Å². The van der Waals surface area contributed by atoms with Gasteiger partial charge in [0.1, 0.15) is 0 Å². The molecule has 1 unspecified atom stereocenters. The van der Waals surface area contributed by atoms with Crippen LogP contribution in [0.3, 0.4) is 0 Å². The number of halogens is 1. The van der Waals surface area contributed by atoms with Crippen LogP contribution in [0, 0.1) is 0 Å². The summed E-state index contributed by atoms with van der Waals surface area (Å²) in [6, 6.07) is 0.578. The van der Waals surface area contributed by atoms with Crippen LogP contribution in [0.25, 0.3) is 0 Å². The molecule has 1 aliphatic rings. The lowest BCUT2D eigenvalue weighted by Crippen LogP contribution is -2.34. The maximum absolute atomic E-state index is 5.77. The number of aryl methyl sites for hydroxylation is 1. The Hall–Kier alpha value is -0.580. The number of aromatic nitrogens is 2. The van der Waals surface area contributed by atoms with Crippen molar-refractivity contribution in [1.29, 1.82) is 0 Å². The first kappa shape index (κ1) is 14.5. The van der Waals surface area contributed by atoms with Crippen LogP contribution in [-0.2, 0) is 13.1 Å². The lowest BCUT2D eigenvalue weighted by molar-refractivity contribution is 0.250. The summed E-state index contributed by atoms with van der Waals surface area (Å²) < 4.78 is 2.03. The lowest BCUT2D eigenvalue weighted by Gasteiger charge is -2.22. The van der Waals surface area contributed by atoms with Gasteiger partial charge in [0.25, 0.3) is 0 Å². The first-order valence-corrected chi connectivity index (χ1v) is 6.29. The summed E-state index contributed by atoms with van der Waals surface area (Å²) >= 11 is 0. The minimum Gasteiger partial charge on any atom is -0.329 e. The summed E-state index contributed by atoms with van der Waals surface area (Å²) in [7, 11) is 0.